The molecule has 3 N–H and O–H groups in total. The van der Waals surface area contributed by atoms with Crippen LogP contribution in [0.25, 0.3) is 0 Å². The van der Waals surface area contributed by atoms with Gasteiger partial charge in [-0.25, -0.2) is 13.1 Å². The molecule has 4 aromatic rings. The van der Waals surface area contributed by atoms with Crippen molar-refractivity contribution < 1.29 is 17.6 Å². The predicted octanol–water partition coefficient (Wildman–Crippen LogP) is 5.36. The summed E-state index contributed by atoms with van der Waals surface area (Å²) in [6.45, 7) is 0.0819. The lowest BCUT2D eigenvalue weighted by molar-refractivity contribution is 0.483. The average molecular weight is 480 g/mol. The highest BCUT2D eigenvalue weighted by molar-refractivity contribution is 7.89. The van der Waals surface area contributed by atoms with E-state index >= 15 is 0 Å². The van der Waals surface area contributed by atoms with Crippen molar-refractivity contribution in [3.63, 3.8) is 0 Å². The van der Waals surface area contributed by atoms with Gasteiger partial charge in [-0.3, -0.25) is 0 Å². The Balaban J connectivity index is 1.30. The summed E-state index contributed by atoms with van der Waals surface area (Å²) in [6.07, 6.45) is 1.49. The number of rotatable bonds is 8. The standard InChI is InChI=1S/C24H21N3O4S2/c28-33(29,25-17-22-7-4-16-30-22)23-14-10-19(11-15-23)27-24(32)26-18-8-12-21(13-9-18)31-20-5-2-1-3-6-20/h1-16,25H,17H2,(H2,26,27,32). The fraction of sp³-hybridized carbons (Fsp3) is 0.0417. The Kier molecular flexibility index (Phi) is 7.04. The second kappa shape index (κ2) is 10.3. The van der Waals surface area contributed by atoms with Gasteiger partial charge in [0.25, 0.3) is 0 Å². The largest absolute Gasteiger partial charge is 0.468 e. The van der Waals surface area contributed by atoms with Crippen LogP contribution in [0.1, 0.15) is 5.76 Å². The molecule has 33 heavy (non-hydrogen) atoms. The second-order valence-electron chi connectivity index (χ2n) is 6.95. The zero-order valence-corrected chi connectivity index (χ0v) is 19.0. The molecule has 4 rings (SSSR count). The number of sulfonamides is 1. The molecule has 1 heterocycles. The molecule has 0 aliphatic carbocycles. The average Bonchev–Trinajstić information content (AvgIpc) is 3.34. The number of anilines is 2. The Labute approximate surface area is 197 Å². The van der Waals surface area contributed by atoms with Crippen LogP contribution in [0.15, 0.2) is 107 Å². The third-order valence-corrected chi connectivity index (χ3v) is 6.15. The van der Waals surface area contributed by atoms with E-state index in [1.54, 1.807) is 24.3 Å². The lowest BCUT2D eigenvalue weighted by Crippen LogP contribution is -2.23. The number of nitrogens with one attached hydrogen (secondary N) is 3. The van der Waals surface area contributed by atoms with Crippen LogP contribution in [0.4, 0.5) is 11.4 Å². The minimum Gasteiger partial charge on any atom is -0.468 e. The lowest BCUT2D eigenvalue weighted by Gasteiger charge is -2.12. The number of para-hydroxylation sites is 1. The highest BCUT2D eigenvalue weighted by Crippen LogP contribution is 2.23. The molecule has 0 amide bonds. The summed E-state index contributed by atoms with van der Waals surface area (Å²) in [5, 5.41) is 6.50. The summed E-state index contributed by atoms with van der Waals surface area (Å²) in [7, 11) is -3.66. The van der Waals surface area contributed by atoms with Crippen molar-refractivity contribution in [1.29, 1.82) is 0 Å². The molecule has 0 aliphatic rings. The van der Waals surface area contributed by atoms with Gasteiger partial charge < -0.3 is 19.8 Å². The zero-order valence-electron chi connectivity index (χ0n) is 17.4. The summed E-state index contributed by atoms with van der Waals surface area (Å²) in [4.78, 5) is 0.146. The Morgan fingerprint density at radius 3 is 2.00 bits per heavy atom. The molecule has 0 spiro atoms. The topological polar surface area (TPSA) is 92.6 Å². The molecule has 9 heteroatoms. The molecule has 0 saturated heterocycles. The normalized spacial score (nSPS) is 11.0. The molecule has 0 fully saturated rings. The first kappa shape index (κ1) is 22.5. The van der Waals surface area contributed by atoms with Crippen LogP contribution < -0.4 is 20.1 Å². The molecule has 0 bridgehead atoms. The van der Waals surface area contributed by atoms with Crippen molar-refractivity contribution >= 4 is 38.7 Å². The van der Waals surface area contributed by atoms with Gasteiger partial charge in [0.15, 0.2) is 5.11 Å². The van der Waals surface area contributed by atoms with Crippen molar-refractivity contribution in [2.45, 2.75) is 11.4 Å². The van der Waals surface area contributed by atoms with Crippen LogP contribution in [0.2, 0.25) is 0 Å². The van der Waals surface area contributed by atoms with E-state index in [9.17, 15) is 8.42 Å². The minimum absolute atomic E-state index is 0.0819. The number of benzene rings is 3. The molecule has 0 aliphatic heterocycles. The summed E-state index contributed by atoms with van der Waals surface area (Å²) in [5.41, 5.74) is 1.44. The Morgan fingerprint density at radius 1 is 0.788 bits per heavy atom. The minimum atomic E-state index is -3.66. The number of ether oxygens (including phenoxy) is 1. The molecule has 0 atom stereocenters. The van der Waals surface area contributed by atoms with Crippen LogP contribution in [0.3, 0.4) is 0 Å². The molecule has 7 nitrogen and oxygen atoms in total. The fourth-order valence-electron chi connectivity index (χ4n) is 2.90. The van der Waals surface area contributed by atoms with Gasteiger partial charge in [-0.2, -0.15) is 0 Å². The fourth-order valence-corrected chi connectivity index (χ4v) is 4.13. The van der Waals surface area contributed by atoms with Crippen LogP contribution in [-0.4, -0.2) is 13.5 Å². The molecule has 0 radical (unpaired) electrons. The Morgan fingerprint density at radius 2 is 1.39 bits per heavy atom. The van der Waals surface area contributed by atoms with E-state index < -0.39 is 10.0 Å². The predicted molar refractivity (Wildman–Crippen MR) is 132 cm³/mol. The van der Waals surface area contributed by atoms with E-state index in [2.05, 4.69) is 15.4 Å². The van der Waals surface area contributed by atoms with Crippen molar-refractivity contribution in [3.05, 3.63) is 103 Å². The third-order valence-electron chi connectivity index (χ3n) is 4.53. The highest BCUT2D eigenvalue weighted by Gasteiger charge is 2.14. The molecule has 1 aromatic heterocycles. The van der Waals surface area contributed by atoms with Crippen molar-refractivity contribution in [3.8, 4) is 11.5 Å². The third kappa shape index (κ3) is 6.42. The van der Waals surface area contributed by atoms with Crippen LogP contribution in [-0.2, 0) is 16.6 Å². The number of thiocarbonyl (C=S) groups is 1. The van der Waals surface area contributed by atoms with Gasteiger partial charge in [0, 0.05) is 11.4 Å². The van der Waals surface area contributed by atoms with Gasteiger partial charge in [-0.1, -0.05) is 18.2 Å². The Hall–Kier alpha value is -3.66. The van der Waals surface area contributed by atoms with E-state index in [0.29, 0.717) is 22.3 Å². The maximum Gasteiger partial charge on any atom is 0.240 e. The summed E-state index contributed by atoms with van der Waals surface area (Å²) >= 11 is 5.35. The van der Waals surface area contributed by atoms with E-state index in [-0.39, 0.29) is 11.4 Å². The van der Waals surface area contributed by atoms with E-state index in [1.165, 1.54) is 18.4 Å². The quantitative estimate of drug-likeness (QED) is 0.293. The van der Waals surface area contributed by atoms with Crippen molar-refractivity contribution in [2.24, 2.45) is 0 Å². The molecular weight excluding hydrogens is 458 g/mol. The molecule has 3 aromatic carbocycles. The first-order chi connectivity index (χ1) is 16.0. The van der Waals surface area contributed by atoms with Crippen LogP contribution >= 0.6 is 12.2 Å². The van der Waals surface area contributed by atoms with Gasteiger partial charge in [0.1, 0.15) is 17.3 Å². The van der Waals surface area contributed by atoms with Gasteiger partial charge in [-0.15, -0.1) is 0 Å². The zero-order chi connectivity index (χ0) is 23.1. The highest BCUT2D eigenvalue weighted by atomic mass is 32.2. The van der Waals surface area contributed by atoms with Crippen molar-refractivity contribution in [1.82, 2.24) is 4.72 Å². The smallest absolute Gasteiger partial charge is 0.240 e. The number of furan rings is 1. The van der Waals surface area contributed by atoms with Gasteiger partial charge in [-0.05, 0) is 85.0 Å². The monoisotopic (exact) mass is 479 g/mol. The Bertz CT molecular complexity index is 1290. The maximum atomic E-state index is 12.4. The molecule has 0 unspecified atom stereocenters. The van der Waals surface area contributed by atoms with Gasteiger partial charge in [0.2, 0.25) is 10.0 Å². The summed E-state index contributed by atoms with van der Waals surface area (Å²) in [6, 6.07) is 26.6. The molecular formula is C24H21N3O4S2. The number of hydrogen-bond acceptors (Lipinski definition) is 5. The SMILES string of the molecule is O=S(=O)(NCc1ccco1)c1ccc(NC(=S)Nc2ccc(Oc3ccccc3)cc2)cc1. The molecule has 168 valence electrons. The molecule has 0 saturated carbocycles. The summed E-state index contributed by atoms with van der Waals surface area (Å²) in [5.74, 6) is 2.01. The van der Waals surface area contributed by atoms with E-state index in [1.807, 2.05) is 54.6 Å². The van der Waals surface area contributed by atoms with Gasteiger partial charge >= 0.3 is 0 Å². The van der Waals surface area contributed by atoms with Crippen LogP contribution in [0, 0.1) is 0 Å². The number of hydrogen-bond donors (Lipinski definition) is 3. The first-order valence-corrected chi connectivity index (χ1v) is 11.9. The van der Waals surface area contributed by atoms with E-state index in [0.717, 1.165) is 11.4 Å². The van der Waals surface area contributed by atoms with E-state index in [4.69, 9.17) is 21.4 Å². The maximum absolute atomic E-state index is 12.4. The van der Waals surface area contributed by atoms with Crippen LogP contribution in [0.5, 0.6) is 11.5 Å². The summed E-state index contributed by atoms with van der Waals surface area (Å²) < 4.78 is 38.3. The lowest BCUT2D eigenvalue weighted by atomic mass is 10.3. The van der Waals surface area contributed by atoms with Gasteiger partial charge in [0.05, 0.1) is 17.7 Å². The first-order valence-electron chi connectivity index (χ1n) is 10.0. The second-order valence-corrected chi connectivity index (χ2v) is 9.12. The van der Waals surface area contributed by atoms with Crippen molar-refractivity contribution in [2.75, 3.05) is 10.6 Å².